The maximum Gasteiger partial charge on any atom is 0.249 e. The summed E-state index contributed by atoms with van der Waals surface area (Å²) in [7, 11) is 0. The zero-order valence-corrected chi connectivity index (χ0v) is 36.3. The van der Waals surface area contributed by atoms with Gasteiger partial charge in [0.05, 0.1) is 25.4 Å². The van der Waals surface area contributed by atoms with Crippen molar-refractivity contribution in [3.63, 3.8) is 0 Å². The Morgan fingerprint density at radius 1 is 0.603 bits per heavy atom. The third-order valence-corrected chi connectivity index (χ3v) is 10.8. The topological polar surface area (TPSA) is 189 Å². The molecule has 1 fully saturated rings. The Kier molecular flexibility index (Phi) is 34.4. The highest BCUT2D eigenvalue weighted by atomic mass is 16.7. The minimum atomic E-state index is -1.67. The average Bonchev–Trinajstić information content (AvgIpc) is 3.22. The van der Waals surface area contributed by atoms with Crippen LogP contribution >= 0.6 is 0 Å². The first kappa shape index (κ1) is 54.1. The summed E-state index contributed by atoms with van der Waals surface area (Å²) in [5.41, 5.74) is 0. The Morgan fingerprint density at radius 3 is 1.62 bits per heavy atom. The normalized spacial score (nSPS) is 22.4. The van der Waals surface area contributed by atoms with E-state index in [4.69, 9.17) is 9.47 Å². The summed E-state index contributed by atoms with van der Waals surface area (Å²) < 4.78 is 11.1. The van der Waals surface area contributed by atoms with Crippen molar-refractivity contribution in [1.82, 2.24) is 5.32 Å². The molecule has 58 heavy (non-hydrogen) atoms. The zero-order valence-electron chi connectivity index (χ0n) is 36.3. The summed E-state index contributed by atoms with van der Waals surface area (Å²) in [6.45, 7) is 3.29. The summed E-state index contributed by atoms with van der Waals surface area (Å²) in [5.74, 6) is -0.721. The standard InChI is InChI=1S/C47H85NO10/c1-3-5-7-9-11-13-15-17-18-19-20-21-23-25-27-29-31-33-35-40(51)46(56)48-38(37-57-47-45(55)44(54)43(53)41(36-49)58-47)42(52)39(50)34-32-30-28-26-24-22-16-14-12-10-8-6-4-2/h6,8,14,16,19-20,26,28,38-45,47,49-55H,3-5,7,9-13,15,17-18,21-25,27,29-37H2,1-2H3,(H,48,56)/b8-6+,16-14+,20-19-,28-26+. The Balaban J connectivity index is 2.48. The number of amides is 1. The maximum absolute atomic E-state index is 13.1. The molecule has 1 rings (SSSR count). The van der Waals surface area contributed by atoms with Gasteiger partial charge in [0.15, 0.2) is 6.29 Å². The average molecular weight is 824 g/mol. The molecule has 0 saturated carbocycles. The Bertz CT molecular complexity index is 1080. The zero-order chi connectivity index (χ0) is 42.6. The minimum absolute atomic E-state index is 0.237. The van der Waals surface area contributed by atoms with Crippen LogP contribution in [0.4, 0.5) is 0 Å². The molecule has 0 aromatic rings. The smallest absolute Gasteiger partial charge is 0.249 e. The van der Waals surface area contributed by atoms with Crippen molar-refractivity contribution in [3.05, 3.63) is 48.6 Å². The van der Waals surface area contributed by atoms with E-state index in [0.29, 0.717) is 19.3 Å². The van der Waals surface area contributed by atoms with Crippen LogP contribution in [0, 0.1) is 0 Å². The molecule has 1 heterocycles. The number of rotatable bonds is 37. The Morgan fingerprint density at radius 2 is 1.09 bits per heavy atom. The van der Waals surface area contributed by atoms with Crippen LogP contribution in [0.25, 0.3) is 0 Å². The van der Waals surface area contributed by atoms with Crippen molar-refractivity contribution in [2.75, 3.05) is 13.2 Å². The number of carbonyl (C=O) groups excluding carboxylic acids is 1. The van der Waals surface area contributed by atoms with E-state index in [2.05, 4.69) is 61.7 Å². The molecule has 9 atom stereocenters. The van der Waals surface area contributed by atoms with Crippen molar-refractivity contribution in [1.29, 1.82) is 0 Å². The third kappa shape index (κ3) is 26.3. The van der Waals surface area contributed by atoms with Gasteiger partial charge in [-0.1, -0.05) is 140 Å². The monoisotopic (exact) mass is 824 g/mol. The second kappa shape index (κ2) is 36.9. The van der Waals surface area contributed by atoms with Crippen LogP contribution in [0.2, 0.25) is 0 Å². The van der Waals surface area contributed by atoms with Crippen LogP contribution in [-0.2, 0) is 14.3 Å². The molecule has 338 valence electrons. The van der Waals surface area contributed by atoms with Gasteiger partial charge in [-0.05, 0) is 83.5 Å². The first-order valence-corrected chi connectivity index (χ1v) is 23.0. The van der Waals surface area contributed by atoms with Crippen LogP contribution < -0.4 is 5.32 Å². The number of ether oxygens (including phenoxy) is 2. The number of aliphatic hydroxyl groups is 7. The summed E-state index contributed by atoms with van der Waals surface area (Å²) in [6.07, 6.45) is 31.6. The summed E-state index contributed by atoms with van der Waals surface area (Å²) in [6, 6.07) is -1.20. The lowest BCUT2D eigenvalue weighted by molar-refractivity contribution is -0.303. The number of carbonyl (C=O) groups is 1. The Hall–Kier alpha value is -1.93. The highest BCUT2D eigenvalue weighted by Crippen LogP contribution is 2.23. The predicted octanol–water partition coefficient (Wildman–Crippen LogP) is 7.39. The molecule has 1 aliphatic heterocycles. The van der Waals surface area contributed by atoms with E-state index in [9.17, 15) is 40.5 Å². The second-order valence-corrected chi connectivity index (χ2v) is 16.1. The molecule has 11 heteroatoms. The van der Waals surface area contributed by atoms with Gasteiger partial charge in [-0.2, -0.15) is 0 Å². The van der Waals surface area contributed by atoms with E-state index in [1.54, 1.807) is 0 Å². The van der Waals surface area contributed by atoms with Gasteiger partial charge in [-0.15, -0.1) is 0 Å². The van der Waals surface area contributed by atoms with E-state index >= 15 is 0 Å². The van der Waals surface area contributed by atoms with E-state index in [1.165, 1.54) is 57.8 Å². The highest BCUT2D eigenvalue weighted by Gasteiger charge is 2.44. The van der Waals surface area contributed by atoms with Crippen LogP contribution in [0.1, 0.15) is 174 Å². The van der Waals surface area contributed by atoms with Crippen LogP contribution in [0.5, 0.6) is 0 Å². The molecule has 0 aromatic heterocycles. The van der Waals surface area contributed by atoms with Gasteiger partial charge in [0.1, 0.15) is 36.6 Å². The molecule has 0 spiro atoms. The first-order chi connectivity index (χ1) is 28.2. The first-order valence-electron chi connectivity index (χ1n) is 23.0. The molecule has 9 unspecified atom stereocenters. The molecule has 0 radical (unpaired) electrons. The van der Waals surface area contributed by atoms with E-state index in [0.717, 1.165) is 70.6 Å². The van der Waals surface area contributed by atoms with Gasteiger partial charge >= 0.3 is 0 Å². The highest BCUT2D eigenvalue weighted by molar-refractivity contribution is 5.80. The van der Waals surface area contributed by atoms with Gasteiger partial charge in [0, 0.05) is 0 Å². The van der Waals surface area contributed by atoms with E-state index < -0.39 is 74.2 Å². The number of hydrogen-bond donors (Lipinski definition) is 8. The van der Waals surface area contributed by atoms with Crippen molar-refractivity contribution >= 4 is 5.91 Å². The minimum Gasteiger partial charge on any atom is -0.394 e. The lowest BCUT2D eigenvalue weighted by atomic mass is 9.98. The molecule has 0 bridgehead atoms. The van der Waals surface area contributed by atoms with Gasteiger partial charge in [-0.3, -0.25) is 4.79 Å². The SMILES string of the molecule is CC/C=C/CC/C=C/CC/C=C/CCCC(O)C(O)C(COC1OC(CO)C(O)C(O)C1O)NC(=O)C(O)CCCCCCCC/C=C\CCCCCCCCCC. The molecule has 0 aliphatic carbocycles. The number of unbranched alkanes of at least 4 members (excludes halogenated alkanes) is 17. The molecule has 1 aliphatic rings. The molecule has 1 amide bonds. The van der Waals surface area contributed by atoms with Gasteiger partial charge in [0.2, 0.25) is 5.91 Å². The number of aliphatic hydroxyl groups excluding tert-OH is 7. The molecular formula is C47H85NO10. The number of allylic oxidation sites excluding steroid dienone is 8. The predicted molar refractivity (Wildman–Crippen MR) is 233 cm³/mol. The van der Waals surface area contributed by atoms with Gasteiger partial charge in [-0.25, -0.2) is 0 Å². The van der Waals surface area contributed by atoms with Crippen LogP contribution in [-0.4, -0.2) is 110 Å². The number of nitrogens with one attached hydrogen (secondary N) is 1. The second-order valence-electron chi connectivity index (χ2n) is 16.1. The summed E-state index contributed by atoms with van der Waals surface area (Å²) in [4.78, 5) is 13.1. The number of hydrogen-bond acceptors (Lipinski definition) is 10. The molecule has 8 N–H and O–H groups in total. The molecular weight excluding hydrogens is 739 g/mol. The fourth-order valence-electron chi connectivity index (χ4n) is 7.00. The van der Waals surface area contributed by atoms with Crippen molar-refractivity contribution < 1.29 is 50.0 Å². The van der Waals surface area contributed by atoms with Crippen LogP contribution in [0.3, 0.4) is 0 Å². The van der Waals surface area contributed by atoms with Crippen molar-refractivity contribution in [2.45, 2.75) is 229 Å². The molecule has 11 nitrogen and oxygen atoms in total. The summed E-state index contributed by atoms with van der Waals surface area (Å²) >= 11 is 0. The summed E-state index contributed by atoms with van der Waals surface area (Å²) in [5, 5.41) is 75.5. The Labute approximate surface area is 351 Å². The van der Waals surface area contributed by atoms with E-state index in [-0.39, 0.29) is 12.8 Å². The van der Waals surface area contributed by atoms with Crippen molar-refractivity contribution in [2.24, 2.45) is 0 Å². The quantitative estimate of drug-likeness (QED) is 0.0232. The van der Waals surface area contributed by atoms with Gasteiger partial charge < -0.3 is 50.5 Å². The third-order valence-electron chi connectivity index (χ3n) is 10.8. The van der Waals surface area contributed by atoms with E-state index in [1.807, 2.05) is 6.08 Å². The molecule has 1 saturated heterocycles. The van der Waals surface area contributed by atoms with Crippen LogP contribution in [0.15, 0.2) is 48.6 Å². The fourth-order valence-corrected chi connectivity index (χ4v) is 7.00. The lowest BCUT2D eigenvalue weighted by Crippen LogP contribution is -2.60. The lowest BCUT2D eigenvalue weighted by Gasteiger charge is -2.40. The largest absolute Gasteiger partial charge is 0.394 e. The van der Waals surface area contributed by atoms with Crippen molar-refractivity contribution in [3.8, 4) is 0 Å². The molecule has 0 aromatic carbocycles. The van der Waals surface area contributed by atoms with Gasteiger partial charge in [0.25, 0.3) is 0 Å². The fraction of sp³-hybridized carbons (Fsp3) is 0.809. The maximum atomic E-state index is 13.1.